The Labute approximate surface area is 149 Å². The van der Waals surface area contributed by atoms with Crippen LogP contribution in [0.15, 0.2) is 30.3 Å². The van der Waals surface area contributed by atoms with Gasteiger partial charge in [0, 0.05) is 6.54 Å². The van der Waals surface area contributed by atoms with Gasteiger partial charge in [-0.25, -0.2) is 0 Å². The molecule has 4 nitrogen and oxygen atoms in total. The molecule has 1 atom stereocenters. The van der Waals surface area contributed by atoms with E-state index < -0.39 is 0 Å². The average Bonchev–Trinajstić information content (AvgIpc) is 2.66. The first-order valence-corrected chi connectivity index (χ1v) is 9.21. The van der Waals surface area contributed by atoms with E-state index in [0.717, 1.165) is 36.6 Å². The fourth-order valence-electron chi connectivity index (χ4n) is 3.80. The van der Waals surface area contributed by atoms with Gasteiger partial charge in [-0.1, -0.05) is 13.0 Å². The molecule has 0 saturated heterocycles. The molecule has 0 aliphatic carbocycles. The van der Waals surface area contributed by atoms with Crippen LogP contribution in [0.4, 0.5) is 0 Å². The quantitative estimate of drug-likeness (QED) is 0.923. The number of ether oxygens (including phenoxy) is 3. The summed E-state index contributed by atoms with van der Waals surface area (Å²) in [5.41, 5.74) is 5.30. The van der Waals surface area contributed by atoms with Crippen LogP contribution in [-0.4, -0.2) is 26.4 Å². The third kappa shape index (κ3) is 3.07. The highest BCUT2D eigenvalue weighted by Gasteiger charge is 2.26. The van der Waals surface area contributed by atoms with Gasteiger partial charge in [0.1, 0.15) is 19.0 Å². The van der Waals surface area contributed by atoms with Gasteiger partial charge >= 0.3 is 0 Å². The van der Waals surface area contributed by atoms with Crippen molar-refractivity contribution in [3.8, 4) is 17.2 Å². The Hall–Kier alpha value is -2.20. The number of fused-ring (bicyclic) bond motifs is 2. The second kappa shape index (κ2) is 6.96. The van der Waals surface area contributed by atoms with E-state index in [1.54, 1.807) is 0 Å². The maximum atomic E-state index is 5.81. The zero-order valence-electron chi connectivity index (χ0n) is 14.9. The first kappa shape index (κ1) is 16.3. The van der Waals surface area contributed by atoms with Crippen LogP contribution in [0, 0.1) is 0 Å². The summed E-state index contributed by atoms with van der Waals surface area (Å²) >= 11 is 0. The minimum atomic E-state index is 0.185. The average molecular weight is 339 g/mol. The lowest BCUT2D eigenvalue weighted by Crippen LogP contribution is -2.31. The predicted octanol–water partition coefficient (Wildman–Crippen LogP) is 3.65. The summed E-state index contributed by atoms with van der Waals surface area (Å²) in [4.78, 5) is 0. The van der Waals surface area contributed by atoms with Crippen LogP contribution < -0.4 is 19.5 Å². The minimum Gasteiger partial charge on any atom is -0.494 e. The molecule has 0 radical (unpaired) electrons. The molecular formula is C21H25NO3. The Morgan fingerprint density at radius 2 is 1.84 bits per heavy atom. The smallest absolute Gasteiger partial charge is 0.161 e. The van der Waals surface area contributed by atoms with Crippen LogP contribution >= 0.6 is 0 Å². The van der Waals surface area contributed by atoms with Gasteiger partial charge in [-0.05, 0) is 66.3 Å². The van der Waals surface area contributed by atoms with E-state index in [1.807, 2.05) is 6.92 Å². The standard InChI is InChI=1S/C21H25NO3/c1-3-14-11-16(23-4-2)5-6-17(14)21-18-13-20-19(24-9-10-25-20)12-15(18)7-8-22-21/h5-6,11-13,21-22H,3-4,7-10H2,1-2H3. The largest absolute Gasteiger partial charge is 0.494 e. The normalized spacial score (nSPS) is 18.6. The lowest BCUT2D eigenvalue weighted by atomic mass is 9.86. The van der Waals surface area contributed by atoms with Gasteiger partial charge < -0.3 is 19.5 Å². The Bertz CT molecular complexity index is 772. The van der Waals surface area contributed by atoms with Gasteiger partial charge in [-0.15, -0.1) is 0 Å². The number of hydrogen-bond acceptors (Lipinski definition) is 4. The van der Waals surface area contributed by atoms with E-state index >= 15 is 0 Å². The molecule has 4 rings (SSSR count). The minimum absolute atomic E-state index is 0.185. The Kier molecular flexibility index (Phi) is 4.53. The summed E-state index contributed by atoms with van der Waals surface area (Å²) in [5.74, 6) is 2.69. The summed E-state index contributed by atoms with van der Waals surface area (Å²) in [7, 11) is 0. The maximum Gasteiger partial charge on any atom is 0.161 e. The molecule has 4 heteroatoms. The van der Waals surface area contributed by atoms with Gasteiger partial charge in [-0.2, -0.15) is 0 Å². The molecule has 1 N–H and O–H groups in total. The monoisotopic (exact) mass is 339 g/mol. The molecular weight excluding hydrogens is 314 g/mol. The van der Waals surface area contributed by atoms with Crippen LogP contribution in [0.1, 0.15) is 42.1 Å². The molecule has 0 fully saturated rings. The molecule has 0 bridgehead atoms. The maximum absolute atomic E-state index is 5.81. The SMILES string of the molecule is CCOc1ccc(C2NCCc3cc4c(cc32)OCCO4)c(CC)c1. The third-order valence-electron chi connectivity index (χ3n) is 4.98. The number of aryl methyl sites for hydroxylation is 1. The van der Waals surface area contributed by atoms with Crippen LogP contribution in [0.25, 0.3) is 0 Å². The van der Waals surface area contributed by atoms with E-state index in [4.69, 9.17) is 14.2 Å². The lowest BCUT2D eigenvalue weighted by Gasteiger charge is -2.31. The molecule has 2 aromatic carbocycles. The van der Waals surface area contributed by atoms with Gasteiger partial charge in [0.2, 0.25) is 0 Å². The van der Waals surface area contributed by atoms with Crippen molar-refractivity contribution in [3.63, 3.8) is 0 Å². The third-order valence-corrected chi connectivity index (χ3v) is 4.98. The second-order valence-corrected chi connectivity index (χ2v) is 6.48. The number of benzene rings is 2. The van der Waals surface area contributed by atoms with Gasteiger partial charge in [0.05, 0.1) is 12.6 Å². The molecule has 0 spiro atoms. The van der Waals surface area contributed by atoms with Crippen LogP contribution in [0.3, 0.4) is 0 Å². The highest BCUT2D eigenvalue weighted by molar-refractivity contribution is 5.53. The molecule has 132 valence electrons. The summed E-state index contributed by atoms with van der Waals surface area (Å²) in [5, 5.41) is 3.69. The number of rotatable bonds is 4. The molecule has 0 saturated carbocycles. The molecule has 1 unspecified atom stereocenters. The molecule has 2 aromatic rings. The first-order valence-electron chi connectivity index (χ1n) is 9.21. The Morgan fingerprint density at radius 1 is 1.04 bits per heavy atom. The first-order chi connectivity index (χ1) is 12.3. The number of hydrogen-bond donors (Lipinski definition) is 1. The summed E-state index contributed by atoms with van der Waals surface area (Å²) in [6.45, 7) is 7.12. The van der Waals surface area contributed by atoms with E-state index in [-0.39, 0.29) is 6.04 Å². The zero-order valence-corrected chi connectivity index (χ0v) is 14.9. The Balaban J connectivity index is 1.75. The molecule has 2 aliphatic rings. The van der Waals surface area contributed by atoms with Crippen molar-refractivity contribution in [1.82, 2.24) is 5.32 Å². The van der Waals surface area contributed by atoms with Crippen molar-refractivity contribution >= 4 is 0 Å². The van der Waals surface area contributed by atoms with Crippen molar-refractivity contribution in [3.05, 3.63) is 52.6 Å². The van der Waals surface area contributed by atoms with Gasteiger partial charge in [0.25, 0.3) is 0 Å². The van der Waals surface area contributed by atoms with Crippen LogP contribution in [-0.2, 0) is 12.8 Å². The highest BCUT2D eigenvalue weighted by Crippen LogP contribution is 2.40. The lowest BCUT2D eigenvalue weighted by molar-refractivity contribution is 0.171. The zero-order chi connectivity index (χ0) is 17.2. The van der Waals surface area contributed by atoms with Crippen molar-refractivity contribution in [2.24, 2.45) is 0 Å². The van der Waals surface area contributed by atoms with Crippen molar-refractivity contribution in [2.45, 2.75) is 32.7 Å². The summed E-state index contributed by atoms with van der Waals surface area (Å²) in [6.07, 6.45) is 2.00. The van der Waals surface area contributed by atoms with Crippen LogP contribution in [0.5, 0.6) is 17.2 Å². The van der Waals surface area contributed by atoms with E-state index in [0.29, 0.717) is 19.8 Å². The summed E-state index contributed by atoms with van der Waals surface area (Å²) < 4.78 is 17.2. The van der Waals surface area contributed by atoms with E-state index in [2.05, 4.69) is 42.6 Å². The predicted molar refractivity (Wildman–Crippen MR) is 98.0 cm³/mol. The molecule has 0 amide bonds. The van der Waals surface area contributed by atoms with Crippen LogP contribution in [0.2, 0.25) is 0 Å². The van der Waals surface area contributed by atoms with Crippen molar-refractivity contribution < 1.29 is 14.2 Å². The fraction of sp³-hybridized carbons (Fsp3) is 0.429. The van der Waals surface area contributed by atoms with Crippen molar-refractivity contribution in [1.29, 1.82) is 0 Å². The van der Waals surface area contributed by atoms with E-state index in [9.17, 15) is 0 Å². The van der Waals surface area contributed by atoms with E-state index in [1.165, 1.54) is 22.3 Å². The fourth-order valence-corrected chi connectivity index (χ4v) is 3.80. The molecule has 25 heavy (non-hydrogen) atoms. The van der Waals surface area contributed by atoms with Gasteiger partial charge in [0.15, 0.2) is 11.5 Å². The topological polar surface area (TPSA) is 39.7 Å². The summed E-state index contributed by atoms with van der Waals surface area (Å²) in [6, 6.07) is 11.0. The highest BCUT2D eigenvalue weighted by atomic mass is 16.6. The van der Waals surface area contributed by atoms with Gasteiger partial charge in [-0.3, -0.25) is 0 Å². The van der Waals surface area contributed by atoms with Crippen molar-refractivity contribution in [2.75, 3.05) is 26.4 Å². The number of nitrogens with one attached hydrogen (secondary N) is 1. The molecule has 2 heterocycles. The molecule has 0 aromatic heterocycles. The Morgan fingerprint density at radius 3 is 2.60 bits per heavy atom. The molecule has 2 aliphatic heterocycles. The second-order valence-electron chi connectivity index (χ2n) is 6.48.